The molecule has 1 aliphatic heterocycles. The predicted octanol–water partition coefficient (Wildman–Crippen LogP) is 3.30. The number of hydrogen-bond acceptors (Lipinski definition) is 2. The van der Waals surface area contributed by atoms with Crippen molar-refractivity contribution in [1.82, 2.24) is 15.5 Å². The van der Waals surface area contributed by atoms with Crippen LogP contribution in [0.3, 0.4) is 0 Å². The number of urea groups is 1. The standard InChI is InChI=1S/C21H29N3O2/c25-20(23-18-13-12-15-7-4-5-10-17(15)18)19-11-6-14-24(19)21(26)22-16-8-2-1-3-9-16/h4-5,7,10,16,18-19H,1-3,6,8-9,11-14H2,(H,22,26)(H,23,25)/t18-,19+/m0/s1. The van der Waals surface area contributed by atoms with Gasteiger partial charge in [-0.15, -0.1) is 0 Å². The van der Waals surface area contributed by atoms with E-state index in [4.69, 9.17) is 0 Å². The van der Waals surface area contributed by atoms with E-state index in [2.05, 4.69) is 28.8 Å². The van der Waals surface area contributed by atoms with Gasteiger partial charge in [-0.25, -0.2) is 4.79 Å². The van der Waals surface area contributed by atoms with Gasteiger partial charge >= 0.3 is 6.03 Å². The Balaban J connectivity index is 1.37. The Morgan fingerprint density at radius 3 is 2.58 bits per heavy atom. The fourth-order valence-corrected chi connectivity index (χ4v) is 4.76. The second-order valence-electron chi connectivity index (χ2n) is 7.93. The topological polar surface area (TPSA) is 61.4 Å². The predicted molar refractivity (Wildman–Crippen MR) is 101 cm³/mol. The molecular formula is C21H29N3O2. The third-order valence-corrected chi connectivity index (χ3v) is 6.20. The van der Waals surface area contributed by atoms with Crippen molar-refractivity contribution < 1.29 is 9.59 Å². The molecule has 2 aliphatic carbocycles. The smallest absolute Gasteiger partial charge is 0.318 e. The van der Waals surface area contributed by atoms with Gasteiger partial charge in [0.2, 0.25) is 5.91 Å². The van der Waals surface area contributed by atoms with Crippen LogP contribution < -0.4 is 10.6 Å². The highest BCUT2D eigenvalue weighted by atomic mass is 16.2. The van der Waals surface area contributed by atoms with Gasteiger partial charge in [0.15, 0.2) is 0 Å². The van der Waals surface area contributed by atoms with Gasteiger partial charge in [0.1, 0.15) is 6.04 Å². The van der Waals surface area contributed by atoms with Crippen LogP contribution in [0, 0.1) is 0 Å². The first-order chi connectivity index (χ1) is 12.7. The number of nitrogens with zero attached hydrogens (tertiary/aromatic N) is 1. The van der Waals surface area contributed by atoms with E-state index in [0.29, 0.717) is 6.54 Å². The summed E-state index contributed by atoms with van der Waals surface area (Å²) >= 11 is 0. The summed E-state index contributed by atoms with van der Waals surface area (Å²) in [5.41, 5.74) is 2.56. The number of amides is 3. The summed E-state index contributed by atoms with van der Waals surface area (Å²) in [6, 6.07) is 8.31. The van der Waals surface area contributed by atoms with Crippen molar-refractivity contribution in [3.63, 3.8) is 0 Å². The molecule has 1 saturated carbocycles. The molecule has 0 spiro atoms. The van der Waals surface area contributed by atoms with E-state index in [1.54, 1.807) is 4.90 Å². The summed E-state index contributed by atoms with van der Waals surface area (Å²) in [6.07, 6.45) is 9.40. The quantitative estimate of drug-likeness (QED) is 0.874. The molecule has 1 aromatic rings. The maximum Gasteiger partial charge on any atom is 0.318 e. The van der Waals surface area contributed by atoms with E-state index in [1.165, 1.54) is 30.4 Å². The zero-order valence-corrected chi connectivity index (χ0v) is 15.4. The summed E-state index contributed by atoms with van der Waals surface area (Å²) in [6.45, 7) is 0.678. The number of aryl methyl sites for hydroxylation is 1. The Hall–Kier alpha value is -2.04. The molecule has 1 heterocycles. The van der Waals surface area contributed by atoms with Gasteiger partial charge in [-0.2, -0.15) is 0 Å². The third kappa shape index (κ3) is 3.57. The lowest BCUT2D eigenvalue weighted by Gasteiger charge is -2.29. The molecule has 2 N–H and O–H groups in total. The van der Waals surface area contributed by atoms with Gasteiger partial charge in [-0.3, -0.25) is 4.79 Å². The number of likely N-dealkylation sites (tertiary alicyclic amines) is 1. The molecule has 3 aliphatic rings. The van der Waals surface area contributed by atoms with E-state index in [-0.39, 0.29) is 30.1 Å². The molecule has 0 unspecified atom stereocenters. The molecule has 5 nitrogen and oxygen atoms in total. The van der Waals surface area contributed by atoms with Gasteiger partial charge in [-0.1, -0.05) is 43.5 Å². The average molecular weight is 355 g/mol. The molecule has 1 saturated heterocycles. The Morgan fingerprint density at radius 2 is 1.73 bits per heavy atom. The third-order valence-electron chi connectivity index (χ3n) is 6.20. The van der Waals surface area contributed by atoms with Crippen LogP contribution in [0.5, 0.6) is 0 Å². The second-order valence-corrected chi connectivity index (χ2v) is 7.93. The molecule has 3 amide bonds. The fraction of sp³-hybridized carbons (Fsp3) is 0.619. The Kier molecular flexibility index (Phi) is 5.14. The van der Waals surface area contributed by atoms with Crippen LogP contribution in [-0.4, -0.2) is 35.5 Å². The number of fused-ring (bicyclic) bond motifs is 1. The van der Waals surface area contributed by atoms with Crippen LogP contribution >= 0.6 is 0 Å². The highest BCUT2D eigenvalue weighted by Crippen LogP contribution is 2.31. The van der Waals surface area contributed by atoms with Crippen molar-refractivity contribution >= 4 is 11.9 Å². The number of nitrogens with one attached hydrogen (secondary N) is 2. The number of carbonyl (C=O) groups is 2. The van der Waals surface area contributed by atoms with Crippen molar-refractivity contribution in [3.05, 3.63) is 35.4 Å². The van der Waals surface area contributed by atoms with Crippen LogP contribution in [-0.2, 0) is 11.2 Å². The summed E-state index contributed by atoms with van der Waals surface area (Å²) in [7, 11) is 0. The molecule has 1 aromatic carbocycles. The highest BCUT2D eigenvalue weighted by molar-refractivity contribution is 5.88. The lowest BCUT2D eigenvalue weighted by molar-refractivity contribution is -0.125. The fourth-order valence-electron chi connectivity index (χ4n) is 4.76. The summed E-state index contributed by atoms with van der Waals surface area (Å²) in [5.74, 6) is 0.00278. The van der Waals surface area contributed by atoms with E-state index in [9.17, 15) is 9.59 Å². The van der Waals surface area contributed by atoms with Crippen LogP contribution in [0.25, 0.3) is 0 Å². The first-order valence-electron chi connectivity index (χ1n) is 10.2. The minimum absolute atomic E-state index is 0.00278. The summed E-state index contributed by atoms with van der Waals surface area (Å²) in [4.78, 5) is 27.3. The minimum atomic E-state index is -0.327. The molecule has 0 radical (unpaired) electrons. The number of hydrogen-bond donors (Lipinski definition) is 2. The van der Waals surface area contributed by atoms with E-state index < -0.39 is 0 Å². The van der Waals surface area contributed by atoms with Crippen molar-refractivity contribution in [3.8, 4) is 0 Å². The monoisotopic (exact) mass is 355 g/mol. The minimum Gasteiger partial charge on any atom is -0.347 e. The van der Waals surface area contributed by atoms with Crippen LogP contribution in [0.4, 0.5) is 4.79 Å². The zero-order valence-electron chi connectivity index (χ0n) is 15.4. The van der Waals surface area contributed by atoms with E-state index >= 15 is 0 Å². The lowest BCUT2D eigenvalue weighted by atomic mass is 9.96. The summed E-state index contributed by atoms with van der Waals surface area (Å²) < 4.78 is 0. The second kappa shape index (κ2) is 7.68. The largest absolute Gasteiger partial charge is 0.347 e. The molecule has 26 heavy (non-hydrogen) atoms. The Morgan fingerprint density at radius 1 is 0.923 bits per heavy atom. The van der Waals surface area contributed by atoms with Crippen LogP contribution in [0.1, 0.15) is 68.5 Å². The van der Waals surface area contributed by atoms with Gasteiger partial charge in [0, 0.05) is 12.6 Å². The maximum absolute atomic E-state index is 12.9. The molecule has 0 bridgehead atoms. The normalized spacial score (nSPS) is 25.8. The average Bonchev–Trinajstić information content (AvgIpc) is 3.30. The van der Waals surface area contributed by atoms with Crippen molar-refractivity contribution in [1.29, 1.82) is 0 Å². The Bertz CT molecular complexity index is 669. The number of rotatable bonds is 3. The Labute approximate surface area is 155 Å². The zero-order chi connectivity index (χ0) is 17.9. The number of benzene rings is 1. The number of carbonyl (C=O) groups excluding carboxylic acids is 2. The van der Waals surface area contributed by atoms with Crippen molar-refractivity contribution in [2.75, 3.05) is 6.54 Å². The van der Waals surface area contributed by atoms with Crippen molar-refractivity contribution in [2.45, 2.75) is 75.9 Å². The lowest BCUT2D eigenvalue weighted by Crippen LogP contribution is -2.52. The van der Waals surface area contributed by atoms with Gasteiger partial charge in [-0.05, 0) is 49.7 Å². The van der Waals surface area contributed by atoms with Gasteiger partial charge in [0.25, 0.3) is 0 Å². The molecule has 140 valence electrons. The summed E-state index contributed by atoms with van der Waals surface area (Å²) in [5, 5.41) is 6.37. The SMILES string of the molecule is O=C(N[C@H]1CCc2ccccc21)[C@H]1CCCN1C(=O)NC1CCCCC1. The van der Waals surface area contributed by atoms with Gasteiger partial charge in [0.05, 0.1) is 6.04 Å². The van der Waals surface area contributed by atoms with Crippen molar-refractivity contribution in [2.24, 2.45) is 0 Å². The molecule has 5 heteroatoms. The van der Waals surface area contributed by atoms with E-state index in [0.717, 1.165) is 38.5 Å². The first kappa shape index (κ1) is 17.4. The highest BCUT2D eigenvalue weighted by Gasteiger charge is 2.36. The van der Waals surface area contributed by atoms with E-state index in [1.807, 2.05) is 6.07 Å². The molecule has 0 aromatic heterocycles. The molecule has 4 rings (SSSR count). The van der Waals surface area contributed by atoms with Gasteiger partial charge < -0.3 is 15.5 Å². The van der Waals surface area contributed by atoms with Crippen LogP contribution in [0.15, 0.2) is 24.3 Å². The molecule has 2 atom stereocenters. The van der Waals surface area contributed by atoms with Crippen LogP contribution in [0.2, 0.25) is 0 Å². The first-order valence-corrected chi connectivity index (χ1v) is 10.2. The maximum atomic E-state index is 12.9. The molecule has 2 fully saturated rings. The molecular weight excluding hydrogens is 326 g/mol.